The molecule has 0 atom stereocenters. The smallest absolute Gasteiger partial charge is 0.305 e. The lowest BCUT2D eigenvalue weighted by Gasteiger charge is -2.11. The zero-order valence-electron chi connectivity index (χ0n) is 14.1. The summed E-state index contributed by atoms with van der Waals surface area (Å²) in [5.74, 6) is -0.107. The second-order valence-electron chi connectivity index (χ2n) is 5.64. The average Bonchev–Trinajstić information content (AvgIpc) is 2.97. The maximum Gasteiger partial charge on any atom is 0.305 e. The molecule has 2 aromatic carbocycles. The number of carbonyl (C=O) groups excluding carboxylic acids is 1. The van der Waals surface area contributed by atoms with Gasteiger partial charge in [0.05, 0.1) is 0 Å². The number of anilines is 1. The van der Waals surface area contributed by atoms with E-state index in [1.165, 1.54) is 5.56 Å². The van der Waals surface area contributed by atoms with E-state index in [-0.39, 0.29) is 11.7 Å². The molecule has 1 amide bonds. The zero-order chi connectivity index (χ0) is 17.8. The second kappa shape index (κ2) is 7.36. The molecule has 25 heavy (non-hydrogen) atoms. The molecule has 6 heteroatoms. The summed E-state index contributed by atoms with van der Waals surface area (Å²) < 4.78 is 5.63. The number of amides is 1. The van der Waals surface area contributed by atoms with Gasteiger partial charge in [0.1, 0.15) is 5.58 Å². The summed E-state index contributed by atoms with van der Waals surface area (Å²) in [6.07, 6.45) is 0.942. The van der Waals surface area contributed by atoms with E-state index in [0.717, 1.165) is 23.1 Å². The van der Waals surface area contributed by atoms with Crippen LogP contribution in [0.15, 0.2) is 52.9 Å². The summed E-state index contributed by atoms with van der Waals surface area (Å²) in [5.41, 5.74) is 8.81. The van der Waals surface area contributed by atoms with E-state index in [2.05, 4.69) is 23.1 Å². The van der Waals surface area contributed by atoms with Crippen LogP contribution in [0.1, 0.15) is 28.6 Å². The number of thiocarbonyl (C=S) groups is 1. The van der Waals surface area contributed by atoms with Crippen LogP contribution in [0.5, 0.6) is 0 Å². The van der Waals surface area contributed by atoms with Crippen molar-refractivity contribution in [2.75, 3.05) is 5.32 Å². The Morgan fingerprint density at radius 2 is 1.92 bits per heavy atom. The fourth-order valence-corrected chi connectivity index (χ4v) is 2.76. The van der Waals surface area contributed by atoms with Crippen LogP contribution >= 0.6 is 12.2 Å². The fraction of sp³-hybridized carbons (Fsp3) is 0.158. The molecule has 5 nitrogen and oxygen atoms in total. The van der Waals surface area contributed by atoms with Crippen LogP contribution in [0.4, 0.5) is 5.69 Å². The number of hydrazine groups is 1. The molecule has 3 N–H and O–H groups in total. The first-order chi connectivity index (χ1) is 12.1. The second-order valence-corrected chi connectivity index (χ2v) is 6.05. The summed E-state index contributed by atoms with van der Waals surface area (Å²) in [5, 5.41) is 4.26. The molecule has 0 fully saturated rings. The van der Waals surface area contributed by atoms with Gasteiger partial charge in [-0.25, -0.2) is 0 Å². The summed E-state index contributed by atoms with van der Waals surface area (Å²) in [6.45, 7) is 3.94. The summed E-state index contributed by atoms with van der Waals surface area (Å²) in [7, 11) is 0. The molecule has 3 aromatic rings. The van der Waals surface area contributed by atoms with Gasteiger partial charge in [0, 0.05) is 16.6 Å². The number of rotatable bonds is 3. The Kier molecular flexibility index (Phi) is 5.00. The van der Waals surface area contributed by atoms with Crippen molar-refractivity contribution in [2.24, 2.45) is 0 Å². The molecule has 1 aromatic heterocycles. The van der Waals surface area contributed by atoms with Gasteiger partial charge in [0.2, 0.25) is 0 Å². The van der Waals surface area contributed by atoms with Crippen LogP contribution < -0.4 is 16.2 Å². The van der Waals surface area contributed by atoms with Gasteiger partial charge in [0.15, 0.2) is 10.9 Å². The van der Waals surface area contributed by atoms with Crippen LogP contribution in [0.2, 0.25) is 0 Å². The number of hydrogen-bond donors (Lipinski definition) is 3. The van der Waals surface area contributed by atoms with Crippen molar-refractivity contribution >= 4 is 39.9 Å². The van der Waals surface area contributed by atoms with Gasteiger partial charge in [-0.05, 0) is 49.3 Å². The minimum Gasteiger partial charge on any atom is -0.451 e. The van der Waals surface area contributed by atoms with Gasteiger partial charge in [-0.2, -0.15) is 0 Å². The van der Waals surface area contributed by atoms with Crippen molar-refractivity contribution in [3.05, 3.63) is 65.4 Å². The van der Waals surface area contributed by atoms with Gasteiger partial charge in [-0.15, -0.1) is 0 Å². The Labute approximate surface area is 151 Å². The lowest BCUT2D eigenvalue weighted by Crippen LogP contribution is -2.43. The van der Waals surface area contributed by atoms with Gasteiger partial charge >= 0.3 is 5.91 Å². The minimum absolute atomic E-state index is 0.268. The van der Waals surface area contributed by atoms with Crippen molar-refractivity contribution in [3.8, 4) is 0 Å². The third-order valence-electron chi connectivity index (χ3n) is 3.93. The highest BCUT2D eigenvalue weighted by Gasteiger charge is 2.17. The highest BCUT2D eigenvalue weighted by Crippen LogP contribution is 2.24. The van der Waals surface area contributed by atoms with Crippen LogP contribution in [-0.4, -0.2) is 11.0 Å². The number of nitrogens with one attached hydrogen (secondary N) is 3. The molecule has 0 bridgehead atoms. The molecule has 0 aliphatic carbocycles. The number of para-hydroxylation sites is 1. The maximum atomic E-state index is 12.3. The van der Waals surface area contributed by atoms with Crippen molar-refractivity contribution in [3.63, 3.8) is 0 Å². The SMILES string of the molecule is CCc1cccc(NC(=S)NNC(=O)c2oc3ccccc3c2C)c1. The van der Waals surface area contributed by atoms with E-state index in [9.17, 15) is 4.79 Å². The molecule has 0 radical (unpaired) electrons. The standard InChI is InChI=1S/C19H19N3O2S/c1-3-13-7-6-8-14(11-13)20-19(25)22-21-18(23)17-12(2)15-9-4-5-10-16(15)24-17/h4-11H,3H2,1-2H3,(H,21,23)(H2,20,22,25). The molecule has 0 saturated heterocycles. The minimum atomic E-state index is -0.375. The Morgan fingerprint density at radius 3 is 2.68 bits per heavy atom. The summed E-state index contributed by atoms with van der Waals surface area (Å²) in [4.78, 5) is 12.3. The van der Waals surface area contributed by atoms with Gasteiger partial charge in [-0.1, -0.05) is 37.3 Å². The molecule has 3 rings (SSSR count). The molecule has 0 aliphatic heterocycles. The van der Waals surface area contributed by atoms with Crippen molar-refractivity contribution in [1.82, 2.24) is 10.9 Å². The Hall–Kier alpha value is -2.86. The molecule has 128 valence electrons. The third-order valence-corrected chi connectivity index (χ3v) is 4.14. The summed E-state index contributed by atoms with van der Waals surface area (Å²) >= 11 is 5.21. The van der Waals surface area contributed by atoms with Crippen LogP contribution in [-0.2, 0) is 6.42 Å². The fourth-order valence-electron chi connectivity index (χ4n) is 2.59. The first-order valence-corrected chi connectivity index (χ1v) is 8.43. The molecule has 1 heterocycles. The quantitative estimate of drug-likeness (QED) is 0.492. The molecule has 0 unspecified atom stereocenters. The predicted molar refractivity (Wildman–Crippen MR) is 104 cm³/mol. The van der Waals surface area contributed by atoms with Crippen molar-refractivity contribution in [2.45, 2.75) is 20.3 Å². The molecule has 0 aliphatic rings. The zero-order valence-corrected chi connectivity index (χ0v) is 14.9. The predicted octanol–water partition coefficient (Wildman–Crippen LogP) is 3.94. The maximum absolute atomic E-state index is 12.3. The van der Waals surface area contributed by atoms with E-state index in [1.807, 2.05) is 55.5 Å². The Bertz CT molecular complexity index is 933. The van der Waals surface area contributed by atoms with Gasteiger partial charge in [0.25, 0.3) is 0 Å². The summed E-state index contributed by atoms with van der Waals surface area (Å²) in [6, 6.07) is 15.5. The Balaban J connectivity index is 1.63. The van der Waals surface area contributed by atoms with E-state index in [4.69, 9.17) is 16.6 Å². The first kappa shape index (κ1) is 17.0. The van der Waals surface area contributed by atoms with Crippen LogP contribution in [0.25, 0.3) is 11.0 Å². The normalized spacial score (nSPS) is 10.5. The monoisotopic (exact) mass is 353 g/mol. The van der Waals surface area contributed by atoms with Crippen molar-refractivity contribution in [1.29, 1.82) is 0 Å². The van der Waals surface area contributed by atoms with Crippen molar-refractivity contribution < 1.29 is 9.21 Å². The van der Waals surface area contributed by atoms with Crippen LogP contribution in [0, 0.1) is 6.92 Å². The molecular formula is C19H19N3O2S. The van der Waals surface area contributed by atoms with E-state index >= 15 is 0 Å². The number of aryl methyl sites for hydroxylation is 2. The molecular weight excluding hydrogens is 334 g/mol. The number of carbonyl (C=O) groups is 1. The van der Waals surface area contributed by atoms with Gasteiger partial charge in [-0.3, -0.25) is 15.6 Å². The van der Waals surface area contributed by atoms with Crippen LogP contribution in [0.3, 0.4) is 0 Å². The lowest BCUT2D eigenvalue weighted by atomic mass is 10.1. The van der Waals surface area contributed by atoms with E-state index in [1.54, 1.807) is 0 Å². The number of fused-ring (bicyclic) bond motifs is 1. The highest BCUT2D eigenvalue weighted by molar-refractivity contribution is 7.80. The molecule has 0 spiro atoms. The first-order valence-electron chi connectivity index (χ1n) is 8.03. The van der Waals surface area contributed by atoms with Gasteiger partial charge < -0.3 is 9.73 Å². The lowest BCUT2D eigenvalue weighted by molar-refractivity contribution is 0.0917. The molecule has 0 saturated carbocycles. The Morgan fingerprint density at radius 1 is 1.12 bits per heavy atom. The number of benzene rings is 2. The third kappa shape index (κ3) is 3.80. The largest absolute Gasteiger partial charge is 0.451 e. The van der Waals surface area contributed by atoms with E-state index < -0.39 is 0 Å². The topological polar surface area (TPSA) is 66.3 Å². The number of hydrogen-bond acceptors (Lipinski definition) is 3. The average molecular weight is 353 g/mol. The highest BCUT2D eigenvalue weighted by atomic mass is 32.1. The number of furan rings is 1. The van der Waals surface area contributed by atoms with E-state index in [0.29, 0.717) is 10.7 Å².